The van der Waals surface area contributed by atoms with E-state index in [4.69, 9.17) is 4.74 Å². The van der Waals surface area contributed by atoms with Crippen molar-refractivity contribution in [1.82, 2.24) is 14.9 Å². The molecular formula is C16H24N4O2. The SMILES string of the molecule is CCOC(=O)Cc1nc2cc(N(C)CCN(C)C)ccc2[nH]1. The number of ether oxygens (including phenoxy) is 1. The van der Waals surface area contributed by atoms with Crippen LogP contribution in [0.2, 0.25) is 0 Å². The number of hydrogen-bond acceptors (Lipinski definition) is 5. The molecule has 2 aromatic rings. The number of esters is 1. The highest BCUT2D eigenvalue weighted by Crippen LogP contribution is 2.20. The summed E-state index contributed by atoms with van der Waals surface area (Å²) in [4.78, 5) is 23.5. The second-order valence-corrected chi connectivity index (χ2v) is 5.59. The van der Waals surface area contributed by atoms with Crippen molar-refractivity contribution in [3.63, 3.8) is 0 Å². The number of H-pyrrole nitrogens is 1. The molecule has 0 unspecified atom stereocenters. The number of aromatic amines is 1. The maximum absolute atomic E-state index is 11.5. The van der Waals surface area contributed by atoms with E-state index in [9.17, 15) is 4.79 Å². The lowest BCUT2D eigenvalue weighted by Crippen LogP contribution is -2.28. The summed E-state index contributed by atoms with van der Waals surface area (Å²) in [6.07, 6.45) is 0.175. The standard InChI is InChI=1S/C16H24N4O2/c1-5-22-16(21)11-15-17-13-7-6-12(10-14(13)18-15)20(4)9-8-19(2)3/h6-7,10H,5,8-9,11H2,1-4H3,(H,17,18). The van der Waals surface area contributed by atoms with E-state index in [1.54, 1.807) is 6.92 Å². The quantitative estimate of drug-likeness (QED) is 0.788. The Bertz CT molecular complexity index is 636. The van der Waals surface area contributed by atoms with Crippen molar-refractivity contribution < 1.29 is 9.53 Å². The van der Waals surface area contributed by atoms with Crippen molar-refractivity contribution in [2.24, 2.45) is 0 Å². The van der Waals surface area contributed by atoms with Crippen LogP contribution >= 0.6 is 0 Å². The molecule has 0 amide bonds. The van der Waals surface area contributed by atoms with Gasteiger partial charge in [0, 0.05) is 25.8 Å². The normalized spacial score (nSPS) is 11.1. The molecule has 6 heteroatoms. The molecule has 0 saturated carbocycles. The second-order valence-electron chi connectivity index (χ2n) is 5.59. The van der Waals surface area contributed by atoms with Gasteiger partial charge < -0.3 is 19.5 Å². The molecule has 1 aromatic carbocycles. The molecule has 0 spiro atoms. The molecule has 2 rings (SSSR count). The zero-order valence-electron chi connectivity index (χ0n) is 13.7. The van der Waals surface area contributed by atoms with Crippen molar-refractivity contribution in [2.45, 2.75) is 13.3 Å². The van der Waals surface area contributed by atoms with Crippen LogP contribution in [0.3, 0.4) is 0 Å². The fraction of sp³-hybridized carbons (Fsp3) is 0.500. The summed E-state index contributed by atoms with van der Waals surface area (Å²) >= 11 is 0. The summed E-state index contributed by atoms with van der Waals surface area (Å²) < 4.78 is 4.95. The van der Waals surface area contributed by atoms with E-state index in [0.29, 0.717) is 12.4 Å². The summed E-state index contributed by atoms with van der Waals surface area (Å²) in [5.41, 5.74) is 2.92. The minimum absolute atomic E-state index is 0.175. The number of nitrogens with zero attached hydrogens (tertiary/aromatic N) is 3. The monoisotopic (exact) mass is 304 g/mol. The Morgan fingerprint density at radius 1 is 1.27 bits per heavy atom. The summed E-state index contributed by atoms with van der Waals surface area (Å²) in [7, 11) is 6.19. The molecule has 1 aromatic heterocycles. The van der Waals surface area contributed by atoms with Crippen LogP contribution in [0.1, 0.15) is 12.7 Å². The predicted molar refractivity (Wildman–Crippen MR) is 88.3 cm³/mol. The number of fused-ring (bicyclic) bond motifs is 1. The maximum Gasteiger partial charge on any atom is 0.313 e. The summed E-state index contributed by atoms with van der Waals surface area (Å²) in [6.45, 7) is 4.12. The van der Waals surface area contributed by atoms with E-state index < -0.39 is 0 Å². The zero-order chi connectivity index (χ0) is 16.1. The third-order valence-corrected chi connectivity index (χ3v) is 3.46. The Kier molecular flexibility index (Phi) is 5.38. The van der Waals surface area contributed by atoms with Gasteiger partial charge in [0.05, 0.1) is 17.6 Å². The number of likely N-dealkylation sites (N-methyl/N-ethyl adjacent to an activating group) is 2. The largest absolute Gasteiger partial charge is 0.466 e. The van der Waals surface area contributed by atoms with Crippen molar-refractivity contribution in [1.29, 1.82) is 0 Å². The molecule has 6 nitrogen and oxygen atoms in total. The number of anilines is 1. The van der Waals surface area contributed by atoms with Crippen molar-refractivity contribution in [3.05, 3.63) is 24.0 Å². The van der Waals surface area contributed by atoms with Crippen molar-refractivity contribution in [2.75, 3.05) is 45.7 Å². The first-order valence-corrected chi connectivity index (χ1v) is 7.49. The van der Waals surface area contributed by atoms with Gasteiger partial charge >= 0.3 is 5.97 Å². The van der Waals surface area contributed by atoms with Crippen LogP contribution in [0, 0.1) is 0 Å². The van der Waals surface area contributed by atoms with Gasteiger partial charge in [-0.3, -0.25) is 4.79 Å². The Morgan fingerprint density at radius 3 is 2.73 bits per heavy atom. The van der Waals surface area contributed by atoms with Gasteiger partial charge in [0.25, 0.3) is 0 Å². The molecule has 0 aliphatic rings. The van der Waals surface area contributed by atoms with Crippen LogP contribution in [0.4, 0.5) is 5.69 Å². The highest BCUT2D eigenvalue weighted by Gasteiger charge is 2.10. The zero-order valence-corrected chi connectivity index (χ0v) is 13.7. The van der Waals surface area contributed by atoms with E-state index in [1.165, 1.54) is 0 Å². The third kappa shape index (κ3) is 4.21. The Labute approximate surface area is 131 Å². The van der Waals surface area contributed by atoms with Crippen LogP contribution in [0.5, 0.6) is 0 Å². The van der Waals surface area contributed by atoms with Crippen LogP contribution < -0.4 is 4.90 Å². The van der Waals surface area contributed by atoms with Crippen LogP contribution in [0.25, 0.3) is 11.0 Å². The molecular weight excluding hydrogens is 280 g/mol. The maximum atomic E-state index is 11.5. The number of carbonyl (C=O) groups is 1. The fourth-order valence-corrected chi connectivity index (χ4v) is 2.20. The lowest BCUT2D eigenvalue weighted by molar-refractivity contribution is -0.142. The van der Waals surface area contributed by atoms with Gasteiger partial charge in [0.15, 0.2) is 0 Å². The van der Waals surface area contributed by atoms with Gasteiger partial charge in [0.2, 0.25) is 0 Å². The van der Waals surface area contributed by atoms with Gasteiger partial charge in [-0.1, -0.05) is 0 Å². The van der Waals surface area contributed by atoms with Gasteiger partial charge in [-0.2, -0.15) is 0 Å². The van der Waals surface area contributed by atoms with Gasteiger partial charge in [0.1, 0.15) is 12.2 Å². The molecule has 1 heterocycles. The van der Waals surface area contributed by atoms with E-state index >= 15 is 0 Å². The van der Waals surface area contributed by atoms with Gasteiger partial charge in [-0.25, -0.2) is 4.98 Å². The first kappa shape index (κ1) is 16.3. The molecule has 22 heavy (non-hydrogen) atoms. The average Bonchev–Trinajstić information content (AvgIpc) is 2.85. The number of nitrogens with one attached hydrogen (secondary N) is 1. The minimum Gasteiger partial charge on any atom is -0.466 e. The molecule has 0 aliphatic heterocycles. The van der Waals surface area contributed by atoms with Gasteiger partial charge in [-0.15, -0.1) is 0 Å². The molecule has 1 N–H and O–H groups in total. The first-order chi connectivity index (χ1) is 10.5. The van der Waals surface area contributed by atoms with Gasteiger partial charge in [-0.05, 0) is 39.2 Å². The lowest BCUT2D eigenvalue weighted by Gasteiger charge is -2.21. The van der Waals surface area contributed by atoms with E-state index in [-0.39, 0.29) is 12.4 Å². The Balaban J connectivity index is 2.11. The number of carbonyl (C=O) groups excluding carboxylic acids is 1. The van der Waals surface area contributed by atoms with E-state index in [0.717, 1.165) is 29.8 Å². The number of benzene rings is 1. The first-order valence-electron chi connectivity index (χ1n) is 7.49. The number of rotatable bonds is 7. The lowest BCUT2D eigenvalue weighted by atomic mass is 10.2. The summed E-state index contributed by atoms with van der Waals surface area (Å²) in [5, 5.41) is 0. The Hall–Kier alpha value is -2.08. The van der Waals surface area contributed by atoms with Crippen molar-refractivity contribution >= 4 is 22.7 Å². The molecule has 0 bridgehead atoms. The van der Waals surface area contributed by atoms with Crippen LogP contribution in [0.15, 0.2) is 18.2 Å². The highest BCUT2D eigenvalue weighted by atomic mass is 16.5. The minimum atomic E-state index is -0.259. The second kappa shape index (κ2) is 7.26. The molecule has 0 saturated heterocycles. The third-order valence-electron chi connectivity index (χ3n) is 3.46. The molecule has 0 radical (unpaired) electrons. The number of aromatic nitrogens is 2. The number of hydrogen-bond donors (Lipinski definition) is 1. The van der Waals surface area contributed by atoms with E-state index in [2.05, 4.69) is 47.0 Å². The smallest absolute Gasteiger partial charge is 0.313 e. The van der Waals surface area contributed by atoms with Crippen molar-refractivity contribution in [3.8, 4) is 0 Å². The van der Waals surface area contributed by atoms with Crippen LogP contribution in [-0.4, -0.2) is 61.7 Å². The molecule has 0 atom stereocenters. The highest BCUT2D eigenvalue weighted by molar-refractivity contribution is 5.81. The predicted octanol–water partition coefficient (Wildman–Crippen LogP) is 1.67. The van der Waals surface area contributed by atoms with E-state index in [1.807, 2.05) is 12.1 Å². The fourth-order valence-electron chi connectivity index (χ4n) is 2.20. The summed E-state index contributed by atoms with van der Waals surface area (Å²) in [5.74, 6) is 0.381. The molecule has 120 valence electrons. The molecule has 0 aliphatic carbocycles. The average molecular weight is 304 g/mol. The summed E-state index contributed by atoms with van der Waals surface area (Å²) in [6, 6.07) is 6.10. The topological polar surface area (TPSA) is 61.5 Å². The Morgan fingerprint density at radius 2 is 2.05 bits per heavy atom. The molecule has 0 fully saturated rings. The number of imidazole rings is 1. The van der Waals surface area contributed by atoms with Crippen LogP contribution in [-0.2, 0) is 16.0 Å².